The molecule has 1 aliphatic heterocycles. The van der Waals surface area contributed by atoms with Crippen LogP contribution >= 0.6 is 0 Å². The average Bonchev–Trinajstić information content (AvgIpc) is 2.52. The van der Waals surface area contributed by atoms with Gasteiger partial charge >= 0.3 is 0 Å². The zero-order valence-electron chi connectivity index (χ0n) is 19.6. The van der Waals surface area contributed by atoms with Gasteiger partial charge in [0.1, 0.15) is 11.5 Å². The van der Waals surface area contributed by atoms with Crippen molar-refractivity contribution in [2.24, 2.45) is 0 Å². The summed E-state index contributed by atoms with van der Waals surface area (Å²) in [6.45, 7) is 23.6. The van der Waals surface area contributed by atoms with Crippen molar-refractivity contribution in [2.75, 3.05) is 6.61 Å². The Morgan fingerprint density at radius 3 is 1.71 bits per heavy atom. The lowest BCUT2D eigenvalue weighted by molar-refractivity contribution is 0.235. The van der Waals surface area contributed by atoms with E-state index >= 15 is 0 Å². The average molecular weight is 424 g/mol. The molecule has 0 saturated carbocycles. The highest BCUT2D eigenvalue weighted by Gasteiger charge is 2.42. The first kappa shape index (κ1) is 23.5. The second-order valence-electron chi connectivity index (χ2n) is 11.3. The number of hydrogen-bond donors (Lipinski definition) is 2. The number of benzene rings is 1. The summed E-state index contributed by atoms with van der Waals surface area (Å²) >= 11 is 0. The molecule has 2 N–H and O–H groups in total. The lowest BCUT2D eigenvalue weighted by Crippen LogP contribution is -2.46. The predicted molar refractivity (Wildman–Crippen MR) is 124 cm³/mol. The first-order chi connectivity index (χ1) is 12.6. The molecule has 0 bridgehead atoms. The summed E-state index contributed by atoms with van der Waals surface area (Å²) in [4.78, 5) is 0. The van der Waals surface area contributed by atoms with Gasteiger partial charge in [-0.1, -0.05) is 41.5 Å². The van der Waals surface area contributed by atoms with E-state index in [9.17, 15) is 5.11 Å². The van der Waals surface area contributed by atoms with Gasteiger partial charge in [-0.2, -0.15) is 0 Å². The van der Waals surface area contributed by atoms with Crippen LogP contribution in [0.4, 0.5) is 0 Å². The first-order valence-corrected chi connectivity index (χ1v) is 16.3. The Kier molecular flexibility index (Phi) is 6.52. The highest BCUT2D eigenvalue weighted by atomic mass is 28.4. The zero-order valence-corrected chi connectivity index (χ0v) is 21.6. The van der Waals surface area contributed by atoms with E-state index in [2.05, 4.69) is 85.2 Å². The molecule has 28 heavy (non-hydrogen) atoms. The van der Waals surface area contributed by atoms with E-state index in [0.717, 1.165) is 24.5 Å². The molecule has 2 rings (SSSR count). The van der Waals surface area contributed by atoms with Gasteiger partial charge in [0.15, 0.2) is 0 Å². The molecule has 1 aromatic rings. The topological polar surface area (TPSA) is 50.7 Å². The highest BCUT2D eigenvalue weighted by molar-refractivity contribution is 6.75. The Morgan fingerprint density at radius 2 is 1.32 bits per heavy atom. The number of aliphatic hydroxyl groups excluding tert-OH is 1. The van der Waals surface area contributed by atoms with Crippen LogP contribution in [0.5, 0.6) is 11.5 Å². The van der Waals surface area contributed by atoms with E-state index in [-0.39, 0.29) is 22.7 Å². The summed E-state index contributed by atoms with van der Waals surface area (Å²) in [5, 5.41) is 13.2. The van der Waals surface area contributed by atoms with Gasteiger partial charge < -0.3 is 19.3 Å². The molecule has 160 valence electrons. The van der Waals surface area contributed by atoms with Crippen molar-refractivity contribution in [2.45, 2.75) is 96.8 Å². The lowest BCUT2D eigenvalue weighted by atomic mass is 9.95. The van der Waals surface area contributed by atoms with Gasteiger partial charge in [0.05, 0.1) is 6.61 Å². The fraction of sp³-hybridized carbons (Fsp3) is 0.727. The third-order valence-corrected chi connectivity index (χ3v) is 15.6. The molecule has 6 heteroatoms. The first-order valence-electron chi connectivity index (χ1n) is 10.5. The predicted octanol–water partition coefficient (Wildman–Crippen LogP) is 5.46. The van der Waals surface area contributed by atoms with Crippen molar-refractivity contribution < 1.29 is 14.0 Å². The van der Waals surface area contributed by atoms with Crippen LogP contribution in [0, 0.1) is 0 Å². The van der Waals surface area contributed by atoms with Gasteiger partial charge in [-0.25, -0.2) is 0 Å². The second kappa shape index (κ2) is 7.78. The van der Waals surface area contributed by atoms with Crippen LogP contribution in [-0.2, 0) is 13.0 Å². The Bertz CT molecular complexity index is 703. The number of rotatable bonds is 5. The van der Waals surface area contributed by atoms with Crippen molar-refractivity contribution in [3.05, 3.63) is 23.3 Å². The molecule has 1 aliphatic rings. The van der Waals surface area contributed by atoms with E-state index in [1.165, 1.54) is 11.1 Å². The van der Waals surface area contributed by atoms with Crippen molar-refractivity contribution in [1.82, 2.24) is 5.32 Å². The largest absolute Gasteiger partial charge is 0.541 e. The molecule has 0 unspecified atom stereocenters. The monoisotopic (exact) mass is 423 g/mol. The van der Waals surface area contributed by atoms with Crippen molar-refractivity contribution in [3.63, 3.8) is 0 Å². The third kappa shape index (κ3) is 5.01. The molecule has 0 saturated heterocycles. The molecule has 1 aromatic carbocycles. The Labute approximate surface area is 174 Å². The molecule has 0 spiro atoms. The molecule has 0 aromatic heterocycles. The third-order valence-electron chi connectivity index (χ3n) is 6.88. The van der Waals surface area contributed by atoms with E-state index in [1.54, 1.807) is 0 Å². The molecular formula is C22H41NO3Si2. The summed E-state index contributed by atoms with van der Waals surface area (Å²) in [5.74, 6) is 1.77. The Hall–Kier alpha value is -0.826. The van der Waals surface area contributed by atoms with E-state index in [1.807, 2.05) is 0 Å². The molecule has 1 heterocycles. The van der Waals surface area contributed by atoms with E-state index in [0.29, 0.717) is 0 Å². The Balaban J connectivity index is 2.50. The molecule has 0 fully saturated rings. The smallest absolute Gasteiger partial charge is 0.250 e. The van der Waals surface area contributed by atoms with Gasteiger partial charge in [0.25, 0.3) is 16.6 Å². The Morgan fingerprint density at radius 1 is 0.893 bits per heavy atom. The van der Waals surface area contributed by atoms with E-state index in [4.69, 9.17) is 8.85 Å². The molecule has 0 aliphatic carbocycles. The van der Waals surface area contributed by atoms with Crippen molar-refractivity contribution in [1.29, 1.82) is 0 Å². The van der Waals surface area contributed by atoms with Gasteiger partial charge in [0.2, 0.25) is 0 Å². The summed E-state index contributed by atoms with van der Waals surface area (Å²) in [7, 11) is -3.99. The zero-order chi connectivity index (χ0) is 21.5. The van der Waals surface area contributed by atoms with Crippen LogP contribution in [0.3, 0.4) is 0 Å². The molecular weight excluding hydrogens is 382 g/mol. The SMILES string of the molecule is CC(C)(C)[Si](C)(C)Oc1cc2c(cc1O[Si](C)(C)C(C)(C)C)C[C@@H](CO)NC2. The maximum atomic E-state index is 9.57. The van der Waals surface area contributed by atoms with Crippen LogP contribution in [0.25, 0.3) is 0 Å². The normalized spacial score (nSPS) is 18.6. The number of aliphatic hydroxyl groups is 1. The van der Waals surface area contributed by atoms with Crippen LogP contribution in [0.2, 0.25) is 36.3 Å². The fourth-order valence-corrected chi connectivity index (χ4v) is 4.77. The molecule has 0 amide bonds. The fourth-order valence-electron chi connectivity index (χ4n) is 2.74. The molecule has 4 nitrogen and oxygen atoms in total. The van der Waals surface area contributed by atoms with Gasteiger partial charge in [-0.15, -0.1) is 0 Å². The quantitative estimate of drug-likeness (QED) is 0.617. The minimum atomic E-state index is -2.00. The van der Waals surface area contributed by atoms with Crippen molar-refractivity contribution >= 4 is 16.6 Å². The number of hydrogen-bond acceptors (Lipinski definition) is 4. The van der Waals surface area contributed by atoms with Crippen LogP contribution in [0.1, 0.15) is 52.7 Å². The van der Waals surface area contributed by atoms with E-state index < -0.39 is 16.6 Å². The minimum absolute atomic E-state index is 0.111. The second-order valence-corrected chi connectivity index (χ2v) is 20.7. The van der Waals surface area contributed by atoms with Crippen LogP contribution < -0.4 is 14.2 Å². The minimum Gasteiger partial charge on any atom is -0.541 e. The number of fused-ring (bicyclic) bond motifs is 1. The summed E-state index contributed by atoms with van der Waals surface area (Å²) in [5.41, 5.74) is 2.51. The summed E-state index contributed by atoms with van der Waals surface area (Å²) < 4.78 is 13.5. The van der Waals surface area contributed by atoms with Gasteiger partial charge in [0, 0.05) is 12.6 Å². The maximum Gasteiger partial charge on any atom is 0.250 e. The lowest BCUT2D eigenvalue weighted by Gasteiger charge is -2.40. The van der Waals surface area contributed by atoms with Crippen LogP contribution in [0.15, 0.2) is 12.1 Å². The maximum absolute atomic E-state index is 9.57. The van der Waals surface area contributed by atoms with Crippen molar-refractivity contribution in [3.8, 4) is 11.5 Å². The molecule has 0 radical (unpaired) electrons. The highest BCUT2D eigenvalue weighted by Crippen LogP contribution is 2.44. The van der Waals surface area contributed by atoms with Gasteiger partial charge in [-0.05, 0) is 65.9 Å². The summed E-state index contributed by atoms with van der Waals surface area (Å²) in [6, 6.07) is 4.47. The summed E-state index contributed by atoms with van der Waals surface area (Å²) in [6.07, 6.45) is 0.820. The van der Waals surface area contributed by atoms with Gasteiger partial charge in [-0.3, -0.25) is 0 Å². The number of nitrogens with one attached hydrogen (secondary N) is 1. The van der Waals surface area contributed by atoms with Crippen LogP contribution in [-0.4, -0.2) is 34.4 Å². The standard InChI is InChI=1S/C22H41NO3Si2/c1-21(2,3)27(7,8)25-19-12-16-11-18(15-24)23-14-17(16)13-20(19)26-28(9,10)22(4,5)6/h12-13,18,23-24H,11,14-15H2,1-10H3/t18-/m0/s1. The molecule has 1 atom stereocenters.